The first kappa shape index (κ1) is 16.9. The van der Waals surface area contributed by atoms with Gasteiger partial charge in [-0.05, 0) is 31.7 Å². The minimum absolute atomic E-state index is 0. The van der Waals surface area contributed by atoms with Crippen LogP contribution in [0.25, 0.3) is 0 Å². The minimum Gasteiger partial charge on any atom is -0.319 e. The monoisotopic (exact) mass is 251 g/mol. The van der Waals surface area contributed by atoms with E-state index in [2.05, 4.69) is 12.1 Å². The van der Waals surface area contributed by atoms with Crippen molar-refractivity contribution in [3.05, 3.63) is 35.9 Å². The second-order valence-electron chi connectivity index (χ2n) is 4.53. The Morgan fingerprint density at radius 1 is 1.28 bits per heavy atom. The Hall–Kier alpha value is -1.15. The summed E-state index contributed by atoms with van der Waals surface area (Å²) >= 11 is 0. The van der Waals surface area contributed by atoms with E-state index in [1.54, 1.807) is 0 Å². The topological polar surface area (TPSA) is 43.1 Å². The third-order valence-corrected chi connectivity index (χ3v) is 2.96. The Kier molecular flexibility index (Phi) is 8.30. The molecular weight excluding hydrogens is 222 g/mol. The van der Waals surface area contributed by atoms with Crippen LogP contribution in [-0.4, -0.2) is 11.3 Å². The number of rotatable bonds is 6. The van der Waals surface area contributed by atoms with Crippen LogP contribution in [0.1, 0.15) is 53.9 Å². The number of benzene rings is 1. The lowest BCUT2D eigenvalue weighted by Gasteiger charge is -2.22. The molecule has 1 atom stereocenters. The van der Waals surface area contributed by atoms with Crippen LogP contribution in [0.5, 0.6) is 0 Å². The van der Waals surface area contributed by atoms with Gasteiger partial charge < -0.3 is 5.73 Å². The van der Waals surface area contributed by atoms with E-state index in [1.807, 2.05) is 45.9 Å². The van der Waals surface area contributed by atoms with Gasteiger partial charge in [-0.1, -0.05) is 51.1 Å². The van der Waals surface area contributed by atoms with Crippen LogP contribution >= 0.6 is 0 Å². The molecule has 0 saturated heterocycles. The van der Waals surface area contributed by atoms with Crippen LogP contribution in [0.4, 0.5) is 0 Å². The number of nitrogens with two attached hydrogens (primary N) is 1. The first-order valence-electron chi connectivity index (χ1n) is 6.92. The van der Waals surface area contributed by atoms with Crippen molar-refractivity contribution < 1.29 is 6.22 Å². The lowest BCUT2D eigenvalue weighted by Crippen LogP contribution is -2.44. The molecular formula is C16H29NO. The molecule has 0 bridgehead atoms. The van der Waals surface area contributed by atoms with Crippen LogP contribution in [0.2, 0.25) is 0 Å². The molecule has 0 aliphatic rings. The highest BCUT2D eigenvalue weighted by Crippen LogP contribution is 2.14. The second kappa shape index (κ2) is 8.87. The maximum absolute atomic E-state index is 11.6. The van der Waals surface area contributed by atoms with Gasteiger partial charge in [-0.2, -0.15) is 0 Å². The van der Waals surface area contributed by atoms with Gasteiger partial charge in [0.2, 0.25) is 0 Å². The molecule has 1 unspecified atom stereocenters. The molecule has 0 aliphatic heterocycles. The van der Waals surface area contributed by atoms with Crippen molar-refractivity contribution in [2.75, 3.05) is 0 Å². The van der Waals surface area contributed by atoms with Crippen molar-refractivity contribution in [2.24, 2.45) is 5.73 Å². The Labute approximate surface area is 113 Å². The van der Waals surface area contributed by atoms with Gasteiger partial charge in [-0.3, -0.25) is 4.79 Å². The summed E-state index contributed by atoms with van der Waals surface area (Å²) in [7, 11) is 0. The lowest BCUT2D eigenvalue weighted by atomic mass is 9.89. The summed E-state index contributed by atoms with van der Waals surface area (Å²) in [6, 6.07) is 10.3. The summed E-state index contributed by atoms with van der Waals surface area (Å²) in [6.45, 7) is 7.70. The van der Waals surface area contributed by atoms with Crippen LogP contribution in [0.15, 0.2) is 30.3 Å². The van der Waals surface area contributed by atoms with Gasteiger partial charge in [0, 0.05) is 7.85 Å². The number of ketones is 1. The largest absolute Gasteiger partial charge is 0.319 e. The molecule has 0 saturated carbocycles. The second-order valence-corrected chi connectivity index (χ2v) is 4.53. The first-order valence-corrected chi connectivity index (χ1v) is 6.92. The maximum atomic E-state index is 11.6. The zero-order valence-corrected chi connectivity index (χ0v) is 12.2. The molecule has 0 heterocycles. The highest BCUT2D eigenvalue weighted by atomic mass is 16.1. The van der Waals surface area contributed by atoms with Crippen molar-refractivity contribution in [3.63, 3.8) is 0 Å². The molecule has 0 aliphatic carbocycles. The van der Waals surface area contributed by atoms with Gasteiger partial charge >= 0.3 is 0 Å². The van der Waals surface area contributed by atoms with E-state index in [0.717, 1.165) is 19.3 Å². The zero-order valence-electron chi connectivity index (χ0n) is 12.2. The highest BCUT2D eigenvalue weighted by Gasteiger charge is 2.25. The van der Waals surface area contributed by atoms with E-state index in [9.17, 15) is 4.79 Å². The molecule has 2 N–H and O–H groups in total. The standard InChI is InChI=1S/C14H21NO.C2H6.H2/c1-3-13(16)14(2,15)11-7-10-12-8-5-4-6-9-12;1-2;/h4-6,8-9H,3,7,10-11,15H2,1-2H3;1-2H3;1H. The Morgan fingerprint density at radius 3 is 2.33 bits per heavy atom. The van der Waals surface area contributed by atoms with E-state index < -0.39 is 5.54 Å². The van der Waals surface area contributed by atoms with E-state index in [0.29, 0.717) is 6.42 Å². The van der Waals surface area contributed by atoms with Crippen molar-refractivity contribution in [2.45, 2.75) is 58.9 Å². The van der Waals surface area contributed by atoms with Crippen molar-refractivity contribution in [1.82, 2.24) is 0 Å². The molecule has 1 rings (SSSR count). The number of carbonyl (C=O) groups excluding carboxylic acids is 1. The average molecular weight is 251 g/mol. The summed E-state index contributed by atoms with van der Waals surface area (Å²) in [5, 5.41) is 0. The summed E-state index contributed by atoms with van der Waals surface area (Å²) in [5.74, 6) is 0.153. The summed E-state index contributed by atoms with van der Waals surface area (Å²) in [4.78, 5) is 11.6. The van der Waals surface area contributed by atoms with E-state index >= 15 is 0 Å². The fourth-order valence-electron chi connectivity index (χ4n) is 1.85. The number of aryl methyl sites for hydroxylation is 1. The number of Topliss-reactive ketones (excluding diaryl/α,β-unsaturated/α-hetero) is 1. The Bertz CT molecular complexity index is 336. The fraction of sp³-hybridized carbons (Fsp3) is 0.562. The predicted octanol–water partition coefficient (Wildman–Crippen LogP) is 3.98. The average Bonchev–Trinajstić information content (AvgIpc) is 2.41. The number of hydrogen-bond donors (Lipinski definition) is 1. The smallest absolute Gasteiger partial charge is 0.152 e. The van der Waals surface area contributed by atoms with Gasteiger partial charge in [-0.25, -0.2) is 0 Å². The number of hydrogen-bond acceptors (Lipinski definition) is 2. The van der Waals surface area contributed by atoms with Crippen LogP contribution in [-0.2, 0) is 11.2 Å². The van der Waals surface area contributed by atoms with Gasteiger partial charge in [0.15, 0.2) is 5.78 Å². The van der Waals surface area contributed by atoms with Crippen LogP contribution in [0, 0.1) is 0 Å². The number of carbonyl (C=O) groups is 1. The molecule has 0 radical (unpaired) electrons. The molecule has 1 aromatic rings. The Balaban J connectivity index is 0. The first-order chi connectivity index (χ1) is 8.56. The molecule has 1 aromatic carbocycles. The molecule has 0 amide bonds. The third-order valence-electron chi connectivity index (χ3n) is 2.96. The van der Waals surface area contributed by atoms with Crippen LogP contribution < -0.4 is 5.73 Å². The van der Waals surface area contributed by atoms with Crippen molar-refractivity contribution >= 4 is 5.78 Å². The zero-order chi connectivity index (χ0) is 14.0. The molecule has 0 spiro atoms. The lowest BCUT2D eigenvalue weighted by molar-refractivity contribution is -0.123. The van der Waals surface area contributed by atoms with E-state index in [-0.39, 0.29) is 7.21 Å². The molecule has 2 nitrogen and oxygen atoms in total. The molecule has 2 heteroatoms. The van der Waals surface area contributed by atoms with Crippen LogP contribution in [0.3, 0.4) is 0 Å². The predicted molar refractivity (Wildman–Crippen MR) is 80.7 cm³/mol. The van der Waals surface area contributed by atoms with Gasteiger partial charge in [-0.15, -0.1) is 0 Å². The molecule has 104 valence electrons. The van der Waals surface area contributed by atoms with Crippen molar-refractivity contribution in [1.29, 1.82) is 0 Å². The fourth-order valence-corrected chi connectivity index (χ4v) is 1.85. The van der Waals surface area contributed by atoms with E-state index in [4.69, 9.17) is 5.73 Å². The Morgan fingerprint density at radius 2 is 1.83 bits per heavy atom. The summed E-state index contributed by atoms with van der Waals surface area (Å²) < 4.78 is 0. The molecule has 18 heavy (non-hydrogen) atoms. The highest BCUT2D eigenvalue weighted by molar-refractivity contribution is 5.87. The van der Waals surface area contributed by atoms with Gasteiger partial charge in [0.05, 0.1) is 5.54 Å². The summed E-state index contributed by atoms with van der Waals surface area (Å²) in [6.07, 6.45) is 3.24. The quantitative estimate of drug-likeness (QED) is 0.831. The minimum atomic E-state index is -0.649. The third kappa shape index (κ3) is 5.97. The molecule has 0 fully saturated rings. The molecule has 0 aromatic heterocycles. The summed E-state index contributed by atoms with van der Waals surface area (Å²) in [5.41, 5.74) is 6.64. The SMILES string of the molecule is CC.CCC(=O)C(C)(N)CCCc1ccccc1.[HH]. The van der Waals surface area contributed by atoms with Crippen molar-refractivity contribution in [3.8, 4) is 0 Å². The normalized spacial score (nSPS) is 13.2. The van der Waals surface area contributed by atoms with E-state index in [1.165, 1.54) is 5.56 Å². The van der Waals surface area contributed by atoms with Gasteiger partial charge in [0.1, 0.15) is 0 Å². The maximum Gasteiger partial charge on any atom is 0.152 e. The van der Waals surface area contributed by atoms with Gasteiger partial charge in [0.25, 0.3) is 0 Å².